The number of nitrogens with zero attached hydrogens (tertiary/aromatic N) is 2. The molecule has 1 atom stereocenters. The third kappa shape index (κ3) is 5.04. The van der Waals surface area contributed by atoms with Crippen molar-refractivity contribution in [1.29, 1.82) is 0 Å². The smallest absolute Gasteiger partial charge is 0.272 e. The van der Waals surface area contributed by atoms with E-state index in [2.05, 4.69) is 42.0 Å². The van der Waals surface area contributed by atoms with Crippen LogP contribution in [-0.2, 0) is 4.79 Å². The maximum atomic E-state index is 13.1. The van der Waals surface area contributed by atoms with Gasteiger partial charge in [0.25, 0.3) is 17.4 Å². The van der Waals surface area contributed by atoms with Gasteiger partial charge in [0.2, 0.25) is 0 Å². The summed E-state index contributed by atoms with van der Waals surface area (Å²) in [7, 11) is 0. The fourth-order valence-electron chi connectivity index (χ4n) is 3.23. The molecule has 0 aliphatic heterocycles. The molecule has 0 bridgehead atoms. The quantitative estimate of drug-likeness (QED) is 0.276. The summed E-state index contributed by atoms with van der Waals surface area (Å²) in [5.74, 6) is -1.09. The number of rotatable bonds is 6. The van der Waals surface area contributed by atoms with Crippen LogP contribution in [0.5, 0.6) is 0 Å². The zero-order valence-electron chi connectivity index (χ0n) is 17.2. The highest BCUT2D eigenvalue weighted by molar-refractivity contribution is 9.10. The van der Waals surface area contributed by atoms with Crippen LogP contribution in [0.25, 0.3) is 10.8 Å². The van der Waals surface area contributed by atoms with Gasteiger partial charge in [0.05, 0.1) is 11.6 Å². The molecule has 0 spiro atoms. The van der Waals surface area contributed by atoms with Crippen LogP contribution in [0.4, 0.5) is 0 Å². The van der Waals surface area contributed by atoms with Gasteiger partial charge in [-0.15, -0.1) is 0 Å². The number of H-pyrrole nitrogens is 1. The first-order valence-corrected chi connectivity index (χ1v) is 10.7. The minimum absolute atomic E-state index is 0.197. The summed E-state index contributed by atoms with van der Waals surface area (Å²) in [4.78, 5) is 38.2. The van der Waals surface area contributed by atoms with Gasteiger partial charge in [0, 0.05) is 21.0 Å². The monoisotopic (exact) mass is 503 g/mol. The van der Waals surface area contributed by atoms with Gasteiger partial charge in [0.1, 0.15) is 5.69 Å². The number of hydrogen-bond acceptors (Lipinski definition) is 5. The molecule has 164 valence electrons. The Kier molecular flexibility index (Phi) is 6.70. The molecule has 33 heavy (non-hydrogen) atoms. The molecule has 2 amide bonds. The summed E-state index contributed by atoms with van der Waals surface area (Å²) >= 11 is 3.42. The molecule has 0 radical (unpaired) electrons. The lowest BCUT2D eigenvalue weighted by molar-refractivity contribution is -0.123. The van der Waals surface area contributed by atoms with Crippen molar-refractivity contribution < 1.29 is 9.59 Å². The van der Waals surface area contributed by atoms with E-state index in [-0.39, 0.29) is 5.69 Å². The molecule has 9 heteroatoms. The Morgan fingerprint density at radius 2 is 1.61 bits per heavy atom. The van der Waals surface area contributed by atoms with Crippen molar-refractivity contribution >= 4 is 44.7 Å². The number of halogens is 1. The number of fused-ring (bicyclic) bond motifs is 1. The summed E-state index contributed by atoms with van der Waals surface area (Å²) in [6.07, 6.45) is 1.48. The topological polar surface area (TPSA) is 116 Å². The predicted molar refractivity (Wildman–Crippen MR) is 129 cm³/mol. The van der Waals surface area contributed by atoms with Crippen molar-refractivity contribution in [3.05, 3.63) is 111 Å². The van der Waals surface area contributed by atoms with Gasteiger partial charge in [-0.3, -0.25) is 14.4 Å². The van der Waals surface area contributed by atoms with E-state index >= 15 is 0 Å². The Hall–Kier alpha value is -4.11. The molecule has 1 unspecified atom stereocenters. The SMILES string of the molecule is O=C(NC(C(=O)N/N=C/c1ccccc1Br)c1n[nH]c(=O)c2ccccc12)c1ccccc1. The molecular weight excluding hydrogens is 486 g/mol. The summed E-state index contributed by atoms with van der Waals surface area (Å²) in [6.45, 7) is 0. The van der Waals surface area contributed by atoms with Crippen LogP contribution < -0.4 is 16.3 Å². The lowest BCUT2D eigenvalue weighted by Gasteiger charge is -2.18. The molecular formula is C24H18BrN5O3. The first-order chi connectivity index (χ1) is 16.0. The number of nitrogens with one attached hydrogen (secondary N) is 3. The number of aromatic amines is 1. The van der Waals surface area contributed by atoms with Crippen molar-refractivity contribution in [2.24, 2.45) is 5.10 Å². The minimum Gasteiger partial charge on any atom is -0.335 e. The first kappa shape index (κ1) is 22.1. The molecule has 8 nitrogen and oxygen atoms in total. The van der Waals surface area contributed by atoms with Gasteiger partial charge in [-0.1, -0.05) is 70.5 Å². The van der Waals surface area contributed by atoms with E-state index in [0.717, 1.165) is 10.0 Å². The van der Waals surface area contributed by atoms with Crippen molar-refractivity contribution in [2.45, 2.75) is 6.04 Å². The van der Waals surface area contributed by atoms with Crippen LogP contribution >= 0.6 is 15.9 Å². The van der Waals surface area contributed by atoms with E-state index in [1.165, 1.54) is 6.21 Å². The molecule has 3 N–H and O–H groups in total. The fourth-order valence-corrected chi connectivity index (χ4v) is 3.61. The number of carbonyl (C=O) groups is 2. The Labute approximate surface area is 196 Å². The third-order valence-electron chi connectivity index (χ3n) is 4.86. The number of amides is 2. The summed E-state index contributed by atoms with van der Waals surface area (Å²) < 4.78 is 0.810. The largest absolute Gasteiger partial charge is 0.335 e. The van der Waals surface area contributed by atoms with Gasteiger partial charge in [0.15, 0.2) is 6.04 Å². The Morgan fingerprint density at radius 1 is 0.939 bits per heavy atom. The fraction of sp³-hybridized carbons (Fsp3) is 0.0417. The highest BCUT2D eigenvalue weighted by Gasteiger charge is 2.27. The van der Waals surface area contributed by atoms with Crippen LogP contribution in [-0.4, -0.2) is 28.2 Å². The van der Waals surface area contributed by atoms with Crippen LogP contribution in [0, 0.1) is 0 Å². The molecule has 4 rings (SSSR count). The van der Waals surface area contributed by atoms with Gasteiger partial charge in [-0.25, -0.2) is 10.5 Å². The summed E-state index contributed by atoms with van der Waals surface area (Å²) in [6, 6.07) is 21.4. The van der Waals surface area contributed by atoms with Crippen molar-refractivity contribution in [2.75, 3.05) is 0 Å². The van der Waals surface area contributed by atoms with E-state index in [1.54, 1.807) is 54.6 Å². The van der Waals surface area contributed by atoms with Gasteiger partial charge in [-0.05, 0) is 24.3 Å². The normalized spacial score (nSPS) is 11.9. The first-order valence-electron chi connectivity index (χ1n) is 9.95. The Morgan fingerprint density at radius 3 is 2.36 bits per heavy atom. The molecule has 3 aromatic carbocycles. The molecule has 0 saturated heterocycles. The lowest BCUT2D eigenvalue weighted by atomic mass is 10.0. The van der Waals surface area contributed by atoms with Crippen LogP contribution in [0.1, 0.15) is 27.7 Å². The third-order valence-corrected chi connectivity index (χ3v) is 5.58. The van der Waals surface area contributed by atoms with Gasteiger partial charge >= 0.3 is 0 Å². The summed E-state index contributed by atoms with van der Waals surface area (Å²) in [5, 5.41) is 14.0. The Balaban J connectivity index is 1.68. The molecule has 1 heterocycles. The van der Waals surface area contributed by atoms with E-state index in [0.29, 0.717) is 16.3 Å². The van der Waals surface area contributed by atoms with Crippen molar-refractivity contribution in [1.82, 2.24) is 20.9 Å². The highest BCUT2D eigenvalue weighted by Crippen LogP contribution is 2.20. The number of hydrazone groups is 1. The Bertz CT molecular complexity index is 1400. The van der Waals surface area contributed by atoms with Crippen LogP contribution in [0.15, 0.2) is 93.2 Å². The standard InChI is InChI=1S/C24H18BrN5O3/c25-19-13-7-4-10-16(19)14-26-29-24(33)21(27-22(31)15-8-2-1-3-9-15)20-17-11-5-6-12-18(17)23(32)30-28-20/h1-14,21H,(H,27,31)(H,29,33)(H,30,32)/b26-14+. The maximum Gasteiger partial charge on any atom is 0.272 e. The average Bonchev–Trinajstić information content (AvgIpc) is 2.85. The minimum atomic E-state index is -1.21. The average molecular weight is 504 g/mol. The maximum absolute atomic E-state index is 13.1. The second kappa shape index (κ2) is 10.0. The molecule has 0 aliphatic rings. The summed E-state index contributed by atoms with van der Waals surface area (Å²) in [5.41, 5.74) is 3.39. The van der Waals surface area contributed by atoms with Crippen LogP contribution in [0.2, 0.25) is 0 Å². The zero-order valence-corrected chi connectivity index (χ0v) is 18.7. The molecule has 0 saturated carbocycles. The molecule has 0 aliphatic carbocycles. The zero-order chi connectivity index (χ0) is 23.2. The van der Waals surface area contributed by atoms with E-state index in [1.807, 2.05) is 24.3 Å². The van der Waals surface area contributed by atoms with Gasteiger partial charge < -0.3 is 5.32 Å². The number of hydrogen-bond donors (Lipinski definition) is 3. The van der Waals surface area contributed by atoms with Gasteiger partial charge in [-0.2, -0.15) is 10.2 Å². The molecule has 1 aromatic heterocycles. The number of carbonyl (C=O) groups excluding carboxylic acids is 2. The second-order valence-electron chi connectivity index (χ2n) is 7.01. The lowest BCUT2D eigenvalue weighted by Crippen LogP contribution is -2.40. The van der Waals surface area contributed by atoms with Crippen molar-refractivity contribution in [3.63, 3.8) is 0 Å². The van der Waals surface area contributed by atoms with Crippen molar-refractivity contribution in [3.8, 4) is 0 Å². The number of benzene rings is 3. The van der Waals surface area contributed by atoms with Crippen LogP contribution in [0.3, 0.4) is 0 Å². The van der Waals surface area contributed by atoms with E-state index in [4.69, 9.17) is 0 Å². The predicted octanol–water partition coefficient (Wildman–Crippen LogP) is 3.31. The molecule has 4 aromatic rings. The van der Waals surface area contributed by atoms with E-state index < -0.39 is 23.4 Å². The molecule has 0 fully saturated rings. The number of aromatic nitrogens is 2. The second-order valence-corrected chi connectivity index (χ2v) is 7.87. The van der Waals surface area contributed by atoms with E-state index in [9.17, 15) is 14.4 Å². The highest BCUT2D eigenvalue weighted by atomic mass is 79.9.